The molecule has 0 saturated carbocycles. The van der Waals surface area contributed by atoms with E-state index in [1.54, 1.807) is 6.07 Å². The number of fused-ring (bicyclic) bond motifs is 1. The van der Waals surface area contributed by atoms with Crippen LogP contribution >= 0.6 is 0 Å². The third kappa shape index (κ3) is 4.02. The molecule has 1 heterocycles. The van der Waals surface area contributed by atoms with Gasteiger partial charge in [-0.05, 0) is 41.8 Å². The number of carbonyl (C=O) groups is 2. The number of carboxylic acid groups (broad SMARTS) is 1. The molecule has 2 aromatic rings. The third-order valence-corrected chi connectivity index (χ3v) is 4.34. The van der Waals surface area contributed by atoms with E-state index >= 15 is 0 Å². The molecule has 6 nitrogen and oxygen atoms in total. The van der Waals surface area contributed by atoms with Crippen molar-refractivity contribution in [3.63, 3.8) is 0 Å². The van der Waals surface area contributed by atoms with Crippen molar-refractivity contribution in [3.8, 4) is 11.5 Å². The van der Waals surface area contributed by atoms with Crippen LogP contribution < -0.4 is 14.8 Å². The van der Waals surface area contributed by atoms with Gasteiger partial charge in [-0.25, -0.2) is 9.18 Å². The zero-order chi connectivity index (χ0) is 19.6. The van der Waals surface area contributed by atoms with Crippen LogP contribution in [0.3, 0.4) is 0 Å². The first-order chi connectivity index (χ1) is 12.9. The number of rotatable bonds is 5. The van der Waals surface area contributed by atoms with Crippen LogP contribution in [0.1, 0.15) is 46.2 Å². The lowest BCUT2D eigenvalue weighted by molar-refractivity contribution is 0.0695. The number of amides is 1. The normalized spacial score (nSPS) is 13.9. The standard InChI is InChI=1S/C20H20FNO5/c1-11(2)18(12-4-6-16-17(10-12)27-8-7-26-16)22-19(23)14-5-3-13(20(24)25)9-15(14)21/h3-6,9-11,18H,7-8H2,1-2H3,(H,22,23)(H,24,25). The maximum atomic E-state index is 14.2. The molecule has 0 radical (unpaired) electrons. The Kier molecular flexibility index (Phi) is 5.30. The summed E-state index contributed by atoms with van der Waals surface area (Å²) in [5.74, 6) is -1.46. The maximum absolute atomic E-state index is 14.2. The number of aromatic carboxylic acids is 1. The van der Waals surface area contributed by atoms with E-state index in [-0.39, 0.29) is 23.1 Å². The van der Waals surface area contributed by atoms with Crippen LogP contribution in [0.15, 0.2) is 36.4 Å². The minimum Gasteiger partial charge on any atom is -0.486 e. The molecule has 2 N–H and O–H groups in total. The second kappa shape index (κ2) is 7.65. The van der Waals surface area contributed by atoms with Gasteiger partial charge >= 0.3 is 5.97 Å². The highest BCUT2D eigenvalue weighted by atomic mass is 19.1. The Morgan fingerprint density at radius 3 is 2.41 bits per heavy atom. The molecule has 0 bridgehead atoms. The lowest BCUT2D eigenvalue weighted by atomic mass is 9.95. The molecule has 27 heavy (non-hydrogen) atoms. The predicted molar refractivity (Wildman–Crippen MR) is 95.8 cm³/mol. The Balaban J connectivity index is 1.84. The van der Waals surface area contributed by atoms with Crippen LogP contribution in [0, 0.1) is 11.7 Å². The van der Waals surface area contributed by atoms with Gasteiger partial charge < -0.3 is 19.9 Å². The molecular weight excluding hydrogens is 353 g/mol. The van der Waals surface area contributed by atoms with Crippen LogP contribution in [0.5, 0.6) is 11.5 Å². The fraction of sp³-hybridized carbons (Fsp3) is 0.300. The third-order valence-electron chi connectivity index (χ3n) is 4.34. The Hall–Kier alpha value is -3.09. The van der Waals surface area contributed by atoms with E-state index in [1.165, 1.54) is 12.1 Å². The van der Waals surface area contributed by atoms with E-state index in [0.717, 1.165) is 11.6 Å². The second-order valence-corrected chi connectivity index (χ2v) is 6.60. The summed E-state index contributed by atoms with van der Waals surface area (Å²) in [6, 6.07) is 8.27. The fourth-order valence-corrected chi connectivity index (χ4v) is 2.94. The van der Waals surface area contributed by atoms with Crippen LogP contribution in [-0.2, 0) is 0 Å². The van der Waals surface area contributed by atoms with Crippen LogP contribution in [-0.4, -0.2) is 30.2 Å². The summed E-state index contributed by atoms with van der Waals surface area (Å²) in [4.78, 5) is 23.5. The van der Waals surface area contributed by atoms with E-state index < -0.39 is 17.7 Å². The van der Waals surface area contributed by atoms with Gasteiger partial charge in [0.15, 0.2) is 11.5 Å². The molecular formula is C20H20FNO5. The Bertz CT molecular complexity index is 881. The van der Waals surface area contributed by atoms with Crippen LogP contribution in [0.25, 0.3) is 0 Å². The van der Waals surface area contributed by atoms with Gasteiger partial charge in [0.25, 0.3) is 5.91 Å². The molecule has 1 atom stereocenters. The number of carboxylic acids is 1. The monoisotopic (exact) mass is 373 g/mol. The van der Waals surface area contributed by atoms with Crippen molar-refractivity contribution < 1.29 is 28.6 Å². The first kappa shape index (κ1) is 18.7. The summed E-state index contributed by atoms with van der Waals surface area (Å²) in [6.07, 6.45) is 0. The molecule has 142 valence electrons. The van der Waals surface area contributed by atoms with Crippen LogP contribution in [0.4, 0.5) is 4.39 Å². The molecule has 3 rings (SSSR count). The molecule has 0 spiro atoms. The van der Waals surface area contributed by atoms with Gasteiger partial charge in [0.2, 0.25) is 0 Å². The number of carbonyl (C=O) groups excluding carboxylic acids is 1. The lowest BCUT2D eigenvalue weighted by Crippen LogP contribution is -2.32. The zero-order valence-corrected chi connectivity index (χ0v) is 15.0. The highest BCUT2D eigenvalue weighted by Gasteiger charge is 2.23. The molecule has 1 aliphatic heterocycles. The summed E-state index contributed by atoms with van der Waals surface area (Å²) >= 11 is 0. The van der Waals surface area contributed by atoms with E-state index in [9.17, 15) is 14.0 Å². The smallest absolute Gasteiger partial charge is 0.335 e. The molecule has 0 aliphatic carbocycles. The SMILES string of the molecule is CC(C)C(NC(=O)c1ccc(C(=O)O)cc1F)c1ccc2c(c1)OCCO2. The predicted octanol–water partition coefficient (Wildman–Crippen LogP) is 3.42. The van der Waals surface area contributed by atoms with Gasteiger partial charge in [-0.3, -0.25) is 4.79 Å². The number of benzene rings is 2. The van der Waals surface area contributed by atoms with Crippen molar-refractivity contribution in [2.75, 3.05) is 13.2 Å². The van der Waals surface area contributed by atoms with Crippen molar-refractivity contribution in [1.29, 1.82) is 0 Å². The molecule has 2 aromatic carbocycles. The Morgan fingerprint density at radius 1 is 1.07 bits per heavy atom. The van der Waals surface area contributed by atoms with Crippen molar-refractivity contribution in [3.05, 3.63) is 58.9 Å². The van der Waals surface area contributed by atoms with Gasteiger partial charge in [0.1, 0.15) is 19.0 Å². The van der Waals surface area contributed by atoms with Gasteiger partial charge in [-0.2, -0.15) is 0 Å². The fourth-order valence-electron chi connectivity index (χ4n) is 2.94. The summed E-state index contributed by atoms with van der Waals surface area (Å²) in [5.41, 5.74) is 0.393. The van der Waals surface area contributed by atoms with E-state index in [0.29, 0.717) is 24.7 Å². The van der Waals surface area contributed by atoms with E-state index in [1.807, 2.05) is 26.0 Å². The van der Waals surface area contributed by atoms with Gasteiger partial charge in [0.05, 0.1) is 17.2 Å². The topological polar surface area (TPSA) is 84.9 Å². The molecule has 1 aliphatic rings. The van der Waals surface area contributed by atoms with Crippen molar-refractivity contribution in [1.82, 2.24) is 5.32 Å². The lowest BCUT2D eigenvalue weighted by Gasteiger charge is -2.25. The molecule has 1 amide bonds. The Morgan fingerprint density at radius 2 is 1.78 bits per heavy atom. The summed E-state index contributed by atoms with van der Waals surface area (Å²) in [5, 5.41) is 11.7. The maximum Gasteiger partial charge on any atom is 0.335 e. The highest BCUT2D eigenvalue weighted by Crippen LogP contribution is 2.34. The van der Waals surface area contributed by atoms with Crippen molar-refractivity contribution in [2.24, 2.45) is 5.92 Å². The van der Waals surface area contributed by atoms with Gasteiger partial charge in [-0.15, -0.1) is 0 Å². The zero-order valence-electron chi connectivity index (χ0n) is 15.0. The first-order valence-corrected chi connectivity index (χ1v) is 8.60. The second-order valence-electron chi connectivity index (χ2n) is 6.60. The summed E-state index contributed by atoms with van der Waals surface area (Å²) in [7, 11) is 0. The molecule has 1 unspecified atom stereocenters. The average Bonchev–Trinajstić information content (AvgIpc) is 2.65. The molecule has 0 aromatic heterocycles. The highest BCUT2D eigenvalue weighted by molar-refractivity contribution is 5.96. The van der Waals surface area contributed by atoms with Gasteiger partial charge in [0, 0.05) is 0 Å². The number of hydrogen-bond acceptors (Lipinski definition) is 4. The minimum absolute atomic E-state index is 0.0258. The summed E-state index contributed by atoms with van der Waals surface area (Å²) < 4.78 is 25.3. The minimum atomic E-state index is -1.25. The van der Waals surface area contributed by atoms with E-state index in [4.69, 9.17) is 14.6 Å². The number of halogens is 1. The first-order valence-electron chi connectivity index (χ1n) is 8.60. The quantitative estimate of drug-likeness (QED) is 0.839. The largest absolute Gasteiger partial charge is 0.486 e. The molecule has 7 heteroatoms. The molecule has 0 saturated heterocycles. The van der Waals surface area contributed by atoms with Gasteiger partial charge in [-0.1, -0.05) is 19.9 Å². The van der Waals surface area contributed by atoms with E-state index in [2.05, 4.69) is 5.32 Å². The number of nitrogens with one attached hydrogen (secondary N) is 1. The number of ether oxygens (including phenoxy) is 2. The summed E-state index contributed by atoms with van der Waals surface area (Å²) in [6.45, 7) is 4.82. The van der Waals surface area contributed by atoms with Crippen molar-refractivity contribution >= 4 is 11.9 Å². The van der Waals surface area contributed by atoms with Crippen molar-refractivity contribution in [2.45, 2.75) is 19.9 Å². The number of hydrogen-bond donors (Lipinski definition) is 2. The van der Waals surface area contributed by atoms with Crippen LogP contribution in [0.2, 0.25) is 0 Å². The Labute approximate surface area is 155 Å². The molecule has 0 fully saturated rings. The average molecular weight is 373 g/mol.